The van der Waals surface area contributed by atoms with Gasteiger partial charge in [0.15, 0.2) is 0 Å². The highest BCUT2D eigenvalue weighted by Crippen LogP contribution is 2.26. The zero-order valence-corrected chi connectivity index (χ0v) is 14.8. The van der Waals surface area contributed by atoms with Crippen molar-refractivity contribution in [2.45, 2.75) is 31.7 Å². The van der Waals surface area contributed by atoms with Crippen LogP contribution in [0.3, 0.4) is 0 Å². The minimum atomic E-state index is -0.926. The smallest absolute Gasteiger partial charge is 0.305 e. The predicted octanol–water partition coefficient (Wildman–Crippen LogP) is 2.87. The topological polar surface area (TPSA) is 88.5 Å². The first kappa shape index (κ1) is 17.6. The molecule has 1 aliphatic heterocycles. The molecule has 0 aromatic carbocycles. The first-order chi connectivity index (χ1) is 12.0. The third kappa shape index (κ3) is 4.05. The van der Waals surface area contributed by atoms with E-state index in [-0.39, 0.29) is 12.3 Å². The number of thiophene rings is 1. The van der Waals surface area contributed by atoms with Gasteiger partial charge in [-0.3, -0.25) is 14.6 Å². The van der Waals surface area contributed by atoms with E-state index in [2.05, 4.69) is 10.3 Å². The molecule has 25 heavy (non-hydrogen) atoms. The highest BCUT2D eigenvalue weighted by Gasteiger charge is 2.37. The highest BCUT2D eigenvalue weighted by molar-refractivity contribution is 7.08. The summed E-state index contributed by atoms with van der Waals surface area (Å²) in [6.07, 6.45) is 0.872. The van der Waals surface area contributed by atoms with Crippen LogP contribution in [0.1, 0.15) is 35.3 Å². The van der Waals surface area contributed by atoms with Crippen LogP contribution in [0.4, 0.5) is 0 Å². The molecule has 3 heterocycles. The molecular weight excluding hydrogens is 340 g/mol. The quantitative estimate of drug-likeness (QED) is 0.856. The summed E-state index contributed by atoms with van der Waals surface area (Å²) in [5.41, 5.74) is 2.17. The number of hydrogen-bond donors (Lipinski definition) is 2. The molecule has 1 amide bonds. The average Bonchev–Trinajstić information content (AvgIpc) is 3.09. The van der Waals surface area contributed by atoms with Crippen molar-refractivity contribution in [1.29, 1.82) is 0 Å². The van der Waals surface area contributed by atoms with Gasteiger partial charge in [0.05, 0.1) is 28.9 Å². The van der Waals surface area contributed by atoms with Gasteiger partial charge >= 0.3 is 5.97 Å². The van der Waals surface area contributed by atoms with Gasteiger partial charge in [-0.05, 0) is 43.3 Å². The molecule has 0 aliphatic carbocycles. The number of hydrogen-bond acceptors (Lipinski definition) is 5. The molecule has 2 aromatic rings. The molecule has 0 saturated carbocycles. The van der Waals surface area contributed by atoms with Crippen LogP contribution in [-0.2, 0) is 9.53 Å². The third-order valence-electron chi connectivity index (χ3n) is 4.47. The molecule has 1 saturated heterocycles. The van der Waals surface area contributed by atoms with E-state index in [0.717, 1.165) is 11.3 Å². The van der Waals surface area contributed by atoms with Crippen LogP contribution >= 0.6 is 11.3 Å². The second-order valence-corrected chi connectivity index (χ2v) is 7.04. The Morgan fingerprint density at radius 3 is 2.68 bits per heavy atom. The monoisotopic (exact) mass is 360 g/mol. The molecule has 0 atom stereocenters. The number of carboxylic acid groups (broad SMARTS) is 1. The van der Waals surface area contributed by atoms with Crippen LogP contribution in [0.25, 0.3) is 11.3 Å². The summed E-state index contributed by atoms with van der Waals surface area (Å²) in [6, 6.07) is 5.55. The normalized spacial score (nSPS) is 16.4. The maximum Gasteiger partial charge on any atom is 0.305 e. The first-order valence-corrected chi connectivity index (χ1v) is 9.06. The molecule has 1 aliphatic rings. The molecule has 2 N–H and O–H groups in total. The Hall–Kier alpha value is -2.25. The molecule has 132 valence electrons. The number of rotatable bonds is 5. The minimum Gasteiger partial charge on any atom is -0.481 e. The van der Waals surface area contributed by atoms with Gasteiger partial charge in [-0.25, -0.2) is 0 Å². The Kier molecular flexibility index (Phi) is 5.15. The fourth-order valence-corrected chi connectivity index (χ4v) is 3.73. The molecule has 3 rings (SSSR count). The van der Waals surface area contributed by atoms with Gasteiger partial charge in [0.2, 0.25) is 0 Å². The molecule has 2 aromatic heterocycles. The van der Waals surface area contributed by atoms with Crippen LogP contribution in [0.2, 0.25) is 0 Å². The van der Waals surface area contributed by atoms with E-state index < -0.39 is 11.5 Å². The van der Waals surface area contributed by atoms with Gasteiger partial charge in [0.1, 0.15) is 0 Å². The van der Waals surface area contributed by atoms with Crippen molar-refractivity contribution in [2.75, 3.05) is 13.2 Å². The molecule has 0 radical (unpaired) electrons. The molecule has 0 unspecified atom stereocenters. The molecule has 0 bridgehead atoms. The number of carboxylic acids is 1. The first-order valence-electron chi connectivity index (χ1n) is 8.11. The van der Waals surface area contributed by atoms with E-state index in [9.17, 15) is 14.7 Å². The van der Waals surface area contributed by atoms with Gasteiger partial charge < -0.3 is 15.2 Å². The molecule has 0 spiro atoms. The number of carbonyl (C=O) groups is 2. The van der Waals surface area contributed by atoms with Gasteiger partial charge in [-0.2, -0.15) is 11.3 Å². The second kappa shape index (κ2) is 7.33. The number of nitrogens with one attached hydrogen (secondary N) is 1. The van der Waals surface area contributed by atoms with Crippen LogP contribution in [0.15, 0.2) is 29.0 Å². The number of carbonyl (C=O) groups excluding carboxylic acids is 1. The van der Waals surface area contributed by atoms with Crippen molar-refractivity contribution >= 4 is 23.2 Å². The average molecular weight is 360 g/mol. The maximum atomic E-state index is 12.7. The lowest BCUT2D eigenvalue weighted by Crippen LogP contribution is -2.53. The van der Waals surface area contributed by atoms with Crippen LogP contribution in [0, 0.1) is 6.92 Å². The number of aryl methyl sites for hydroxylation is 1. The lowest BCUT2D eigenvalue weighted by Gasteiger charge is -2.36. The zero-order valence-electron chi connectivity index (χ0n) is 13.9. The third-order valence-corrected chi connectivity index (χ3v) is 5.15. The summed E-state index contributed by atoms with van der Waals surface area (Å²) >= 11 is 1.59. The van der Waals surface area contributed by atoms with E-state index in [1.807, 2.05) is 22.9 Å². The van der Waals surface area contributed by atoms with Crippen LogP contribution in [0.5, 0.6) is 0 Å². The van der Waals surface area contributed by atoms with E-state index in [1.54, 1.807) is 24.3 Å². The number of nitrogens with zero attached hydrogens (tertiary/aromatic N) is 1. The summed E-state index contributed by atoms with van der Waals surface area (Å²) in [4.78, 5) is 28.5. The Balaban J connectivity index is 1.81. The van der Waals surface area contributed by atoms with Crippen molar-refractivity contribution in [3.63, 3.8) is 0 Å². The second-order valence-electron chi connectivity index (χ2n) is 6.26. The van der Waals surface area contributed by atoms with E-state index in [4.69, 9.17) is 4.74 Å². The van der Waals surface area contributed by atoms with Crippen LogP contribution in [-0.4, -0.2) is 40.7 Å². The summed E-state index contributed by atoms with van der Waals surface area (Å²) < 4.78 is 5.32. The number of aliphatic carboxylic acids is 1. The van der Waals surface area contributed by atoms with E-state index in [1.165, 1.54) is 0 Å². The molecule has 7 heteroatoms. The fourth-order valence-electron chi connectivity index (χ4n) is 3.08. The number of ether oxygens (including phenoxy) is 1. The predicted molar refractivity (Wildman–Crippen MR) is 94.8 cm³/mol. The minimum absolute atomic E-state index is 0.110. The molecule has 1 fully saturated rings. The van der Waals surface area contributed by atoms with Crippen molar-refractivity contribution < 1.29 is 19.4 Å². The van der Waals surface area contributed by atoms with Crippen molar-refractivity contribution in [3.8, 4) is 11.3 Å². The zero-order chi connectivity index (χ0) is 17.9. The summed E-state index contributed by atoms with van der Waals surface area (Å²) in [5, 5.41) is 16.1. The fraction of sp³-hybridized carbons (Fsp3) is 0.389. The van der Waals surface area contributed by atoms with Crippen molar-refractivity contribution in [1.82, 2.24) is 10.3 Å². The Labute approximate surface area is 149 Å². The van der Waals surface area contributed by atoms with Gasteiger partial charge in [0, 0.05) is 24.2 Å². The van der Waals surface area contributed by atoms with E-state index in [0.29, 0.717) is 37.3 Å². The van der Waals surface area contributed by atoms with Crippen LogP contribution < -0.4 is 5.32 Å². The number of aromatic nitrogens is 1. The Morgan fingerprint density at radius 1 is 1.32 bits per heavy atom. The lowest BCUT2D eigenvalue weighted by atomic mass is 9.86. The van der Waals surface area contributed by atoms with Crippen molar-refractivity contribution in [3.05, 3.63) is 40.2 Å². The van der Waals surface area contributed by atoms with Crippen molar-refractivity contribution in [2.24, 2.45) is 0 Å². The SMILES string of the molecule is Cc1nc(-c2ccsc2)ccc1C(=O)NC1(CC(=O)O)CCOCC1. The Morgan fingerprint density at radius 2 is 2.08 bits per heavy atom. The number of amides is 1. The highest BCUT2D eigenvalue weighted by atomic mass is 32.1. The largest absolute Gasteiger partial charge is 0.481 e. The summed E-state index contributed by atoms with van der Waals surface area (Å²) in [6.45, 7) is 2.68. The van der Waals surface area contributed by atoms with Gasteiger partial charge in [0.25, 0.3) is 5.91 Å². The summed E-state index contributed by atoms with van der Waals surface area (Å²) in [7, 11) is 0. The standard InChI is InChI=1S/C18H20N2O4S/c1-12-14(2-3-15(19-12)13-4-9-25-11-13)17(23)20-18(10-16(21)22)5-7-24-8-6-18/h2-4,9,11H,5-8,10H2,1H3,(H,20,23)(H,21,22). The number of pyridine rings is 1. The lowest BCUT2D eigenvalue weighted by molar-refractivity contribution is -0.139. The summed E-state index contributed by atoms with van der Waals surface area (Å²) in [5.74, 6) is -1.21. The van der Waals surface area contributed by atoms with E-state index >= 15 is 0 Å². The van der Waals surface area contributed by atoms with Gasteiger partial charge in [-0.1, -0.05) is 0 Å². The Bertz CT molecular complexity index is 767. The van der Waals surface area contributed by atoms with Gasteiger partial charge in [-0.15, -0.1) is 0 Å². The molecule has 6 nitrogen and oxygen atoms in total. The maximum absolute atomic E-state index is 12.7. The molecular formula is C18H20N2O4S.